The summed E-state index contributed by atoms with van der Waals surface area (Å²) in [7, 11) is 0.416. The van der Waals surface area contributed by atoms with Gasteiger partial charge in [0.15, 0.2) is 5.82 Å². The van der Waals surface area contributed by atoms with Crippen LogP contribution in [-0.4, -0.2) is 49.3 Å². The van der Waals surface area contributed by atoms with Crippen molar-refractivity contribution in [3.8, 4) is 5.75 Å². The Balaban J connectivity index is 1.85. The first kappa shape index (κ1) is 26.7. The van der Waals surface area contributed by atoms with Crippen LogP contribution in [0, 0.1) is 0 Å². The molecule has 1 aromatic heterocycles. The summed E-state index contributed by atoms with van der Waals surface area (Å²) in [5.74, 6) is 0.126. The van der Waals surface area contributed by atoms with Gasteiger partial charge in [-0.15, -0.1) is 0 Å². The topological polar surface area (TPSA) is 134 Å². The molecule has 0 unspecified atom stereocenters. The number of halogens is 1. The predicted molar refractivity (Wildman–Crippen MR) is 144 cm³/mol. The molecule has 0 aliphatic carbocycles. The summed E-state index contributed by atoms with van der Waals surface area (Å²) in [5, 5.41) is 12.2. The van der Waals surface area contributed by atoms with Crippen LogP contribution in [0.15, 0.2) is 60.8 Å². The van der Waals surface area contributed by atoms with E-state index in [2.05, 4.69) is 31.2 Å². The van der Waals surface area contributed by atoms with E-state index < -0.39 is 19.0 Å². The highest BCUT2D eigenvalue weighted by molar-refractivity contribution is 7.70. The molecular formula is C24H26ClN6O4P. The molecule has 12 heteroatoms. The van der Waals surface area contributed by atoms with Crippen molar-refractivity contribution < 1.29 is 18.9 Å². The molecular weight excluding hydrogens is 503 g/mol. The van der Waals surface area contributed by atoms with E-state index in [9.17, 15) is 14.2 Å². The van der Waals surface area contributed by atoms with Crippen LogP contribution in [0.5, 0.6) is 5.75 Å². The number of amides is 2. The Bertz CT molecular complexity index is 1360. The molecule has 0 saturated carbocycles. The fourth-order valence-electron chi connectivity index (χ4n) is 3.11. The highest BCUT2D eigenvalue weighted by atomic mass is 35.5. The molecule has 0 saturated heterocycles. The number of benzene rings is 2. The van der Waals surface area contributed by atoms with Crippen molar-refractivity contribution in [1.82, 2.24) is 15.3 Å². The van der Waals surface area contributed by atoms with Crippen LogP contribution in [0.1, 0.15) is 0 Å². The number of ether oxygens (including phenoxy) is 1. The zero-order valence-corrected chi connectivity index (χ0v) is 21.8. The second kappa shape index (κ2) is 11.7. The highest BCUT2D eigenvalue weighted by Crippen LogP contribution is 2.39. The summed E-state index contributed by atoms with van der Waals surface area (Å²) in [6.45, 7) is 3.38. The standard InChI is InChI=1S/C24H26ClN6O4P/c1-26-21(32)11-12-22(33)28-15-9-10-19(35-2)18(13-15)30-24-27-14-16(25)23(31-24)29-17-7-5-6-8-20(17)36(3,4)34/h5-14H,1-4H3,(H,26,32)(H,28,33)(H2,27,29,30,31)/b12-11+. The van der Waals surface area contributed by atoms with E-state index in [1.807, 2.05) is 12.1 Å². The van der Waals surface area contributed by atoms with Crippen molar-refractivity contribution in [2.45, 2.75) is 0 Å². The van der Waals surface area contributed by atoms with Gasteiger partial charge in [0.1, 0.15) is 17.9 Å². The number of hydrogen-bond donors (Lipinski definition) is 4. The fourth-order valence-corrected chi connectivity index (χ4v) is 4.41. The zero-order chi connectivity index (χ0) is 26.3. The van der Waals surface area contributed by atoms with Crippen molar-refractivity contribution in [1.29, 1.82) is 0 Å². The average Bonchev–Trinajstić information content (AvgIpc) is 2.84. The maximum atomic E-state index is 12.7. The van der Waals surface area contributed by atoms with Crippen molar-refractivity contribution >= 4 is 64.7 Å². The molecule has 1 heterocycles. The Morgan fingerprint density at radius 2 is 1.75 bits per heavy atom. The van der Waals surface area contributed by atoms with Gasteiger partial charge in [-0.3, -0.25) is 9.59 Å². The van der Waals surface area contributed by atoms with Crippen LogP contribution in [0.4, 0.5) is 28.8 Å². The molecule has 0 aliphatic heterocycles. The number of hydrogen-bond acceptors (Lipinski definition) is 8. The van der Waals surface area contributed by atoms with Crippen molar-refractivity contribution in [3.63, 3.8) is 0 Å². The Morgan fingerprint density at radius 3 is 2.44 bits per heavy atom. The smallest absolute Gasteiger partial charge is 0.248 e. The highest BCUT2D eigenvalue weighted by Gasteiger charge is 2.17. The van der Waals surface area contributed by atoms with E-state index in [0.717, 1.165) is 12.2 Å². The molecule has 36 heavy (non-hydrogen) atoms. The fraction of sp³-hybridized carbons (Fsp3) is 0.167. The van der Waals surface area contributed by atoms with Gasteiger partial charge in [0.25, 0.3) is 0 Å². The number of nitrogens with one attached hydrogen (secondary N) is 4. The first-order valence-electron chi connectivity index (χ1n) is 10.7. The molecule has 4 N–H and O–H groups in total. The summed E-state index contributed by atoms with van der Waals surface area (Å²) in [6, 6.07) is 12.2. The number of rotatable bonds is 9. The lowest BCUT2D eigenvalue weighted by atomic mass is 10.2. The summed E-state index contributed by atoms with van der Waals surface area (Å²) in [4.78, 5) is 32.1. The Hall–Kier alpha value is -3.88. The van der Waals surface area contributed by atoms with Gasteiger partial charge in [-0.25, -0.2) is 4.98 Å². The SMILES string of the molecule is CNC(=O)/C=C/C(=O)Nc1ccc(OC)c(Nc2ncc(Cl)c(Nc3ccccc3P(C)(C)=O)n2)c1. The van der Waals surface area contributed by atoms with E-state index in [1.54, 1.807) is 43.7 Å². The zero-order valence-electron chi connectivity index (χ0n) is 20.1. The van der Waals surface area contributed by atoms with Crippen molar-refractivity contribution in [2.75, 3.05) is 43.4 Å². The van der Waals surface area contributed by atoms with Gasteiger partial charge in [0.2, 0.25) is 17.8 Å². The molecule has 0 aliphatic rings. The van der Waals surface area contributed by atoms with Gasteiger partial charge in [0, 0.05) is 30.2 Å². The maximum absolute atomic E-state index is 12.7. The lowest BCUT2D eigenvalue weighted by molar-refractivity contribution is -0.117. The molecule has 0 bridgehead atoms. The number of carbonyl (C=O) groups excluding carboxylic acids is 2. The Kier molecular flexibility index (Phi) is 8.68. The van der Waals surface area contributed by atoms with Gasteiger partial charge >= 0.3 is 0 Å². The number of para-hydroxylation sites is 1. The van der Waals surface area contributed by atoms with E-state index in [-0.39, 0.29) is 11.0 Å². The molecule has 3 aromatic rings. The number of carbonyl (C=O) groups is 2. The molecule has 2 aromatic carbocycles. The van der Waals surface area contributed by atoms with Crippen LogP contribution in [0.25, 0.3) is 0 Å². The Labute approximate surface area is 213 Å². The normalized spacial score (nSPS) is 11.1. The van der Waals surface area contributed by atoms with Gasteiger partial charge < -0.3 is 30.6 Å². The van der Waals surface area contributed by atoms with Gasteiger partial charge in [0.05, 0.1) is 24.7 Å². The third kappa shape index (κ3) is 7.07. The number of aromatic nitrogens is 2. The molecule has 0 fully saturated rings. The monoisotopic (exact) mass is 528 g/mol. The van der Waals surface area contributed by atoms with E-state index in [4.69, 9.17) is 16.3 Å². The first-order chi connectivity index (χ1) is 17.1. The van der Waals surface area contributed by atoms with E-state index in [1.165, 1.54) is 20.4 Å². The minimum absolute atomic E-state index is 0.205. The van der Waals surface area contributed by atoms with E-state index in [0.29, 0.717) is 33.9 Å². The molecule has 0 spiro atoms. The van der Waals surface area contributed by atoms with Gasteiger partial charge in [-0.05, 0) is 43.7 Å². The summed E-state index contributed by atoms with van der Waals surface area (Å²) >= 11 is 6.33. The number of anilines is 5. The minimum atomic E-state index is -2.56. The van der Waals surface area contributed by atoms with Crippen LogP contribution in [-0.2, 0) is 14.2 Å². The van der Waals surface area contributed by atoms with Crippen molar-refractivity contribution in [2.24, 2.45) is 0 Å². The Morgan fingerprint density at radius 1 is 1.03 bits per heavy atom. The van der Waals surface area contributed by atoms with Crippen LogP contribution in [0.3, 0.4) is 0 Å². The lowest BCUT2D eigenvalue weighted by Crippen LogP contribution is -2.16. The third-order valence-electron chi connectivity index (χ3n) is 4.83. The maximum Gasteiger partial charge on any atom is 0.248 e. The second-order valence-corrected chi connectivity index (χ2v) is 11.5. The average molecular weight is 529 g/mol. The molecule has 10 nitrogen and oxygen atoms in total. The summed E-state index contributed by atoms with van der Waals surface area (Å²) < 4.78 is 18.1. The van der Waals surface area contributed by atoms with Crippen LogP contribution in [0.2, 0.25) is 5.02 Å². The number of methoxy groups -OCH3 is 1. The molecule has 0 atom stereocenters. The summed E-state index contributed by atoms with van der Waals surface area (Å²) in [5.41, 5.74) is 1.56. The molecule has 3 rings (SSSR count). The van der Waals surface area contributed by atoms with E-state index >= 15 is 0 Å². The van der Waals surface area contributed by atoms with Crippen molar-refractivity contribution in [3.05, 3.63) is 65.8 Å². The molecule has 2 amide bonds. The molecule has 0 radical (unpaired) electrons. The third-order valence-corrected chi connectivity index (χ3v) is 6.65. The minimum Gasteiger partial charge on any atom is -0.495 e. The first-order valence-corrected chi connectivity index (χ1v) is 13.7. The number of likely N-dealkylation sites (N-methyl/N-ethyl adjacent to an activating group) is 1. The lowest BCUT2D eigenvalue weighted by Gasteiger charge is -2.16. The van der Waals surface area contributed by atoms with Crippen LogP contribution >= 0.6 is 18.7 Å². The quantitative estimate of drug-likeness (QED) is 0.241. The molecule has 188 valence electrons. The second-order valence-electron chi connectivity index (χ2n) is 7.86. The van der Waals surface area contributed by atoms with Gasteiger partial charge in [-0.1, -0.05) is 23.7 Å². The number of nitrogens with zero attached hydrogens (tertiary/aromatic N) is 2. The largest absolute Gasteiger partial charge is 0.495 e. The van der Waals surface area contributed by atoms with Gasteiger partial charge in [-0.2, -0.15) is 4.98 Å². The summed E-state index contributed by atoms with van der Waals surface area (Å²) in [6.07, 6.45) is 3.68. The predicted octanol–water partition coefficient (Wildman–Crippen LogP) is 4.11. The van der Waals surface area contributed by atoms with Crippen LogP contribution < -0.4 is 31.3 Å².